The van der Waals surface area contributed by atoms with Crippen LogP contribution in [0.2, 0.25) is 5.02 Å². The zero-order valence-electron chi connectivity index (χ0n) is 11.5. The van der Waals surface area contributed by atoms with Gasteiger partial charge in [0.15, 0.2) is 0 Å². The number of hydrogen-bond donors (Lipinski definition) is 2. The Morgan fingerprint density at radius 3 is 2.90 bits per heavy atom. The first-order chi connectivity index (χ1) is 9.95. The summed E-state index contributed by atoms with van der Waals surface area (Å²) in [6.45, 7) is 2.96. The molecule has 0 fully saturated rings. The zero-order valence-corrected chi connectivity index (χ0v) is 12.2. The van der Waals surface area contributed by atoms with Gasteiger partial charge in [0, 0.05) is 6.04 Å². The van der Waals surface area contributed by atoms with E-state index >= 15 is 0 Å². The predicted molar refractivity (Wildman–Crippen MR) is 75.7 cm³/mol. The van der Waals surface area contributed by atoms with Crippen molar-refractivity contribution in [1.82, 2.24) is 10.5 Å². The molecule has 1 aromatic heterocycles. The lowest BCUT2D eigenvalue weighted by Crippen LogP contribution is -2.35. The van der Waals surface area contributed by atoms with Crippen LogP contribution in [0.1, 0.15) is 23.0 Å². The van der Waals surface area contributed by atoms with Crippen molar-refractivity contribution < 1.29 is 18.8 Å². The lowest BCUT2D eigenvalue weighted by atomic mass is 10.0. The van der Waals surface area contributed by atoms with Gasteiger partial charge in [0.05, 0.1) is 17.2 Å². The van der Waals surface area contributed by atoms with E-state index in [0.29, 0.717) is 0 Å². The van der Waals surface area contributed by atoms with Gasteiger partial charge >= 0.3 is 0 Å². The smallest absolute Gasteiger partial charge is 0.257 e. The van der Waals surface area contributed by atoms with E-state index in [4.69, 9.17) is 21.2 Å². The van der Waals surface area contributed by atoms with Gasteiger partial charge < -0.3 is 14.9 Å². The van der Waals surface area contributed by atoms with E-state index in [1.807, 2.05) is 0 Å². The number of aliphatic hydroxyl groups excluding tert-OH is 1. The predicted octanol–water partition coefficient (Wildman–Crippen LogP) is 2.55. The van der Waals surface area contributed by atoms with Crippen molar-refractivity contribution in [3.05, 3.63) is 40.4 Å². The first-order valence-corrected chi connectivity index (χ1v) is 6.65. The minimum Gasteiger partial charge on any atom is -0.394 e. The first-order valence-electron chi connectivity index (χ1n) is 6.28. The molecule has 1 amide bonds. The lowest BCUT2D eigenvalue weighted by Gasteiger charge is -2.11. The second-order valence-electron chi connectivity index (χ2n) is 4.62. The van der Waals surface area contributed by atoms with Gasteiger partial charge in [-0.05, 0) is 26.0 Å². The normalized spacial score (nSPS) is 12.2. The molecule has 1 unspecified atom stereocenters. The molecule has 0 aliphatic carbocycles. The minimum absolute atomic E-state index is 0.0119. The number of amides is 1. The Hall–Kier alpha value is -1.92. The van der Waals surface area contributed by atoms with Crippen LogP contribution < -0.4 is 5.32 Å². The van der Waals surface area contributed by atoms with Crippen molar-refractivity contribution in [2.75, 3.05) is 6.61 Å². The van der Waals surface area contributed by atoms with Gasteiger partial charge in [0.2, 0.25) is 0 Å². The summed E-state index contributed by atoms with van der Waals surface area (Å²) in [6.07, 6.45) is 0. The third-order valence-corrected chi connectivity index (χ3v) is 3.26. The zero-order chi connectivity index (χ0) is 15.6. The van der Waals surface area contributed by atoms with Crippen molar-refractivity contribution in [1.29, 1.82) is 0 Å². The number of aliphatic hydroxyl groups is 1. The molecule has 2 N–H and O–H groups in total. The van der Waals surface area contributed by atoms with E-state index in [-0.39, 0.29) is 34.2 Å². The van der Waals surface area contributed by atoms with Gasteiger partial charge in [-0.15, -0.1) is 0 Å². The van der Waals surface area contributed by atoms with E-state index < -0.39 is 17.8 Å². The first kappa shape index (κ1) is 15.5. The van der Waals surface area contributed by atoms with Crippen molar-refractivity contribution in [3.63, 3.8) is 0 Å². The average molecular weight is 313 g/mol. The molecule has 2 rings (SSSR count). The van der Waals surface area contributed by atoms with Crippen LogP contribution in [0.15, 0.2) is 22.7 Å². The number of carbonyl (C=O) groups is 1. The lowest BCUT2D eigenvalue weighted by molar-refractivity contribution is 0.0921. The molecule has 0 radical (unpaired) electrons. The number of hydrogen-bond acceptors (Lipinski definition) is 4. The summed E-state index contributed by atoms with van der Waals surface area (Å²) in [7, 11) is 0. The molecule has 0 saturated carbocycles. The summed E-state index contributed by atoms with van der Waals surface area (Å²) in [6, 6.07) is 3.74. The standard InChI is InChI=1S/C14H14ClFN2O3/c1-7(6-19)17-14(20)11-8(2)21-18-13(11)12-9(15)4-3-5-10(12)16/h3-5,7,19H,6H2,1-2H3,(H,17,20). The van der Waals surface area contributed by atoms with Crippen molar-refractivity contribution in [2.24, 2.45) is 0 Å². The summed E-state index contributed by atoms with van der Waals surface area (Å²) in [5, 5.41) is 15.4. The maximum absolute atomic E-state index is 14.0. The van der Waals surface area contributed by atoms with E-state index in [0.717, 1.165) is 0 Å². The van der Waals surface area contributed by atoms with Crippen molar-refractivity contribution in [2.45, 2.75) is 19.9 Å². The topological polar surface area (TPSA) is 75.4 Å². The van der Waals surface area contributed by atoms with Crippen molar-refractivity contribution >= 4 is 17.5 Å². The highest BCUT2D eigenvalue weighted by molar-refractivity contribution is 6.33. The molecule has 1 heterocycles. The molecule has 21 heavy (non-hydrogen) atoms. The van der Waals surface area contributed by atoms with Gasteiger partial charge in [-0.25, -0.2) is 4.39 Å². The van der Waals surface area contributed by atoms with Crippen LogP contribution >= 0.6 is 11.6 Å². The Morgan fingerprint density at radius 2 is 2.29 bits per heavy atom. The molecule has 0 aliphatic heterocycles. The van der Waals surface area contributed by atoms with Crippen LogP contribution in [-0.4, -0.2) is 28.8 Å². The quantitative estimate of drug-likeness (QED) is 0.909. The van der Waals surface area contributed by atoms with Crippen LogP contribution in [0, 0.1) is 12.7 Å². The van der Waals surface area contributed by atoms with Crippen LogP contribution in [0.3, 0.4) is 0 Å². The maximum atomic E-state index is 14.0. The second kappa shape index (κ2) is 6.24. The molecule has 7 heteroatoms. The summed E-state index contributed by atoms with van der Waals surface area (Å²) < 4.78 is 19.0. The fourth-order valence-electron chi connectivity index (χ4n) is 1.88. The van der Waals surface area contributed by atoms with Crippen LogP contribution in [-0.2, 0) is 0 Å². The number of aromatic nitrogens is 1. The molecule has 1 atom stereocenters. The molecule has 0 bridgehead atoms. The highest BCUT2D eigenvalue weighted by Crippen LogP contribution is 2.33. The van der Waals surface area contributed by atoms with Crippen LogP contribution in [0.25, 0.3) is 11.3 Å². The van der Waals surface area contributed by atoms with Gasteiger partial charge in [-0.1, -0.05) is 22.8 Å². The highest BCUT2D eigenvalue weighted by atomic mass is 35.5. The Balaban J connectivity index is 2.50. The number of carbonyl (C=O) groups excluding carboxylic acids is 1. The summed E-state index contributed by atoms with van der Waals surface area (Å²) in [5.41, 5.74) is 0.151. The van der Waals surface area contributed by atoms with E-state index in [1.54, 1.807) is 13.8 Å². The molecule has 1 aromatic carbocycles. The van der Waals surface area contributed by atoms with E-state index in [2.05, 4.69) is 10.5 Å². The number of aryl methyl sites for hydroxylation is 1. The fourth-order valence-corrected chi connectivity index (χ4v) is 2.13. The SMILES string of the molecule is Cc1onc(-c2c(F)cccc2Cl)c1C(=O)NC(C)CO. The molecule has 2 aromatic rings. The number of benzene rings is 1. The number of rotatable bonds is 4. The molecular formula is C14H14ClFN2O3. The third-order valence-electron chi connectivity index (χ3n) is 2.94. The highest BCUT2D eigenvalue weighted by Gasteiger charge is 2.25. The number of nitrogens with one attached hydrogen (secondary N) is 1. The maximum Gasteiger partial charge on any atom is 0.257 e. The monoisotopic (exact) mass is 312 g/mol. The van der Waals surface area contributed by atoms with Gasteiger partial charge in [-0.2, -0.15) is 0 Å². The van der Waals surface area contributed by atoms with Gasteiger partial charge in [0.25, 0.3) is 5.91 Å². The summed E-state index contributed by atoms with van der Waals surface area (Å²) >= 11 is 5.99. The van der Waals surface area contributed by atoms with Crippen LogP contribution in [0.4, 0.5) is 4.39 Å². The van der Waals surface area contributed by atoms with Gasteiger partial charge in [0.1, 0.15) is 22.8 Å². The number of halogens is 2. The number of nitrogens with zero attached hydrogens (tertiary/aromatic N) is 1. The molecule has 0 saturated heterocycles. The van der Waals surface area contributed by atoms with Crippen LogP contribution in [0.5, 0.6) is 0 Å². The van der Waals surface area contributed by atoms with E-state index in [1.165, 1.54) is 18.2 Å². The Labute approximate surface area is 125 Å². The van der Waals surface area contributed by atoms with Gasteiger partial charge in [-0.3, -0.25) is 4.79 Å². The van der Waals surface area contributed by atoms with E-state index in [9.17, 15) is 9.18 Å². The third kappa shape index (κ3) is 3.06. The Bertz CT molecular complexity index is 652. The average Bonchev–Trinajstić information content (AvgIpc) is 2.80. The fraction of sp³-hybridized carbons (Fsp3) is 0.286. The second-order valence-corrected chi connectivity index (χ2v) is 5.02. The largest absolute Gasteiger partial charge is 0.394 e. The summed E-state index contributed by atoms with van der Waals surface area (Å²) in [4.78, 5) is 12.2. The Kier molecular flexibility index (Phi) is 4.59. The molecule has 0 spiro atoms. The Morgan fingerprint density at radius 1 is 1.57 bits per heavy atom. The minimum atomic E-state index is -0.597. The molecule has 112 valence electrons. The molecule has 0 aliphatic rings. The van der Waals surface area contributed by atoms with Crippen molar-refractivity contribution in [3.8, 4) is 11.3 Å². The molecule has 5 nitrogen and oxygen atoms in total. The summed E-state index contributed by atoms with van der Waals surface area (Å²) in [5.74, 6) is -0.864. The molecular weight excluding hydrogens is 299 g/mol.